The van der Waals surface area contributed by atoms with E-state index < -0.39 is 0 Å². The molecule has 2 heterocycles. The molecule has 0 N–H and O–H groups in total. The number of hydrogen-bond donors (Lipinski definition) is 0. The van der Waals surface area contributed by atoms with E-state index in [1.807, 2.05) is 12.1 Å². The van der Waals surface area contributed by atoms with E-state index in [-0.39, 0.29) is 5.41 Å². The summed E-state index contributed by atoms with van der Waals surface area (Å²) in [4.78, 5) is 2.40. The van der Waals surface area contributed by atoms with Crippen LogP contribution in [0.15, 0.2) is 203 Å². The molecule has 0 unspecified atom stereocenters. The number of furan rings is 2. The van der Waals surface area contributed by atoms with E-state index in [2.05, 4.69) is 207 Å². The Labute approximate surface area is 372 Å². The molecule has 0 atom stereocenters. The summed E-state index contributed by atoms with van der Waals surface area (Å²) in [5.74, 6) is 1.08. The molecule has 0 saturated heterocycles. The van der Waals surface area contributed by atoms with Crippen LogP contribution in [0.2, 0.25) is 0 Å². The molecule has 2 aromatic heterocycles. The van der Waals surface area contributed by atoms with Gasteiger partial charge in [0.1, 0.15) is 22.5 Å². The Hall–Kier alpha value is -7.88. The van der Waals surface area contributed by atoms with E-state index in [9.17, 15) is 0 Å². The van der Waals surface area contributed by atoms with Crippen molar-refractivity contribution in [1.82, 2.24) is 0 Å². The van der Waals surface area contributed by atoms with Crippen LogP contribution in [-0.2, 0) is 11.8 Å². The Bertz CT molecular complexity index is 3690. The zero-order valence-electron chi connectivity index (χ0n) is 35.7. The Balaban J connectivity index is 0.902. The van der Waals surface area contributed by atoms with Crippen molar-refractivity contribution in [2.45, 2.75) is 32.1 Å². The van der Waals surface area contributed by atoms with Crippen LogP contribution in [0.25, 0.3) is 94.3 Å². The Morgan fingerprint density at radius 1 is 0.438 bits per heavy atom. The SMILES string of the molecule is CC1(C)c2cc(-c3ccc4ccccc4c3)ccc2-c2ccc(N(c3ccc(-c4ccc5oc6ccccc6c5c4)cc3)c3ccc(-c4cccc5c6c(oc45)CCC=C6)cc3)cc21. The Morgan fingerprint density at radius 3 is 1.91 bits per heavy atom. The lowest BCUT2D eigenvalue weighted by atomic mass is 9.81. The van der Waals surface area contributed by atoms with E-state index >= 15 is 0 Å². The van der Waals surface area contributed by atoms with Crippen molar-refractivity contribution in [3.8, 4) is 44.5 Å². The summed E-state index contributed by atoms with van der Waals surface area (Å²) >= 11 is 0. The largest absolute Gasteiger partial charge is 0.460 e. The predicted octanol–water partition coefficient (Wildman–Crippen LogP) is 17.2. The van der Waals surface area contributed by atoms with Gasteiger partial charge in [0.05, 0.1) is 0 Å². The van der Waals surface area contributed by atoms with Crippen molar-refractivity contribution in [1.29, 1.82) is 0 Å². The van der Waals surface area contributed by atoms with E-state index in [0.29, 0.717) is 0 Å². The number of aryl methyl sites for hydroxylation is 1. The maximum Gasteiger partial charge on any atom is 0.142 e. The average Bonchev–Trinajstić information content (AvgIpc) is 3.99. The molecule has 304 valence electrons. The number of benzene rings is 9. The first-order valence-electron chi connectivity index (χ1n) is 22.4. The van der Waals surface area contributed by atoms with Gasteiger partial charge in [-0.05, 0) is 134 Å². The third-order valence-corrected chi connectivity index (χ3v) is 13.9. The number of hydrogen-bond acceptors (Lipinski definition) is 3. The minimum Gasteiger partial charge on any atom is -0.460 e. The van der Waals surface area contributed by atoms with Crippen LogP contribution in [-0.4, -0.2) is 0 Å². The first-order valence-corrected chi connectivity index (χ1v) is 22.4. The maximum atomic E-state index is 6.55. The zero-order valence-corrected chi connectivity index (χ0v) is 35.7. The fraction of sp³-hybridized carbons (Fsp3) is 0.0820. The van der Waals surface area contributed by atoms with E-state index in [1.165, 1.54) is 55.1 Å². The summed E-state index contributed by atoms with van der Waals surface area (Å²) in [6.07, 6.45) is 6.43. The van der Waals surface area contributed by atoms with Crippen molar-refractivity contribution in [2.75, 3.05) is 4.90 Å². The molecule has 0 radical (unpaired) electrons. The Kier molecular flexibility index (Phi) is 8.08. The molecule has 0 aliphatic heterocycles. The van der Waals surface area contributed by atoms with Crippen LogP contribution < -0.4 is 4.90 Å². The number of nitrogens with zero attached hydrogens (tertiary/aromatic N) is 1. The first-order chi connectivity index (χ1) is 31.4. The minimum atomic E-state index is -0.209. The van der Waals surface area contributed by atoms with Gasteiger partial charge < -0.3 is 13.7 Å². The quantitative estimate of drug-likeness (QED) is 0.167. The Morgan fingerprint density at radius 2 is 1.06 bits per heavy atom. The number of para-hydroxylation sites is 2. The predicted molar refractivity (Wildman–Crippen MR) is 267 cm³/mol. The van der Waals surface area contributed by atoms with Crippen molar-refractivity contribution in [3.05, 3.63) is 217 Å². The third kappa shape index (κ3) is 5.74. The molecule has 3 heteroatoms. The van der Waals surface area contributed by atoms with Crippen molar-refractivity contribution in [2.24, 2.45) is 0 Å². The average molecular weight is 822 g/mol. The molecular formula is C61H43NO2. The highest BCUT2D eigenvalue weighted by Crippen LogP contribution is 2.52. The van der Waals surface area contributed by atoms with Crippen LogP contribution >= 0.6 is 0 Å². The van der Waals surface area contributed by atoms with Gasteiger partial charge >= 0.3 is 0 Å². The fourth-order valence-electron chi connectivity index (χ4n) is 10.6. The number of allylic oxidation sites excluding steroid dienone is 1. The molecular weight excluding hydrogens is 779 g/mol. The normalized spacial score (nSPS) is 13.7. The van der Waals surface area contributed by atoms with Gasteiger partial charge in [-0.15, -0.1) is 0 Å². The molecule has 0 fully saturated rings. The summed E-state index contributed by atoms with van der Waals surface area (Å²) in [5, 5.41) is 5.97. The monoisotopic (exact) mass is 821 g/mol. The van der Waals surface area contributed by atoms with Gasteiger partial charge in [-0.25, -0.2) is 0 Å². The molecule has 0 bridgehead atoms. The van der Waals surface area contributed by atoms with E-state index in [0.717, 1.165) is 85.4 Å². The van der Waals surface area contributed by atoms with Crippen LogP contribution in [0.4, 0.5) is 17.1 Å². The van der Waals surface area contributed by atoms with Crippen LogP contribution in [0.1, 0.15) is 42.7 Å². The highest BCUT2D eigenvalue weighted by atomic mass is 16.3. The van der Waals surface area contributed by atoms with Gasteiger partial charge in [-0.3, -0.25) is 0 Å². The van der Waals surface area contributed by atoms with Gasteiger partial charge in [0.25, 0.3) is 0 Å². The van der Waals surface area contributed by atoms with E-state index in [1.54, 1.807) is 0 Å². The minimum absolute atomic E-state index is 0.209. The second kappa shape index (κ2) is 14.1. The summed E-state index contributed by atoms with van der Waals surface area (Å²) in [5.41, 5.74) is 19.4. The van der Waals surface area contributed by atoms with Gasteiger partial charge in [0.2, 0.25) is 0 Å². The van der Waals surface area contributed by atoms with Gasteiger partial charge in [0, 0.05) is 56.2 Å². The van der Waals surface area contributed by atoms with Crippen LogP contribution in [0.5, 0.6) is 0 Å². The summed E-state index contributed by atoms with van der Waals surface area (Å²) in [7, 11) is 0. The number of anilines is 3. The summed E-state index contributed by atoms with van der Waals surface area (Å²) in [6, 6.07) is 68.8. The third-order valence-electron chi connectivity index (χ3n) is 13.9. The molecule has 9 aromatic carbocycles. The lowest BCUT2D eigenvalue weighted by Crippen LogP contribution is -2.16. The van der Waals surface area contributed by atoms with Crippen molar-refractivity contribution >= 4 is 66.8 Å². The van der Waals surface area contributed by atoms with Gasteiger partial charge in [0.15, 0.2) is 0 Å². The van der Waals surface area contributed by atoms with Gasteiger partial charge in [-0.2, -0.15) is 0 Å². The summed E-state index contributed by atoms with van der Waals surface area (Å²) in [6.45, 7) is 4.75. The lowest BCUT2D eigenvalue weighted by molar-refractivity contribution is 0.547. The van der Waals surface area contributed by atoms with Crippen LogP contribution in [0, 0.1) is 0 Å². The molecule has 2 aliphatic carbocycles. The van der Waals surface area contributed by atoms with E-state index in [4.69, 9.17) is 8.83 Å². The summed E-state index contributed by atoms with van der Waals surface area (Å²) < 4.78 is 12.7. The molecule has 64 heavy (non-hydrogen) atoms. The zero-order chi connectivity index (χ0) is 42.5. The van der Waals surface area contributed by atoms with Gasteiger partial charge in [-0.1, -0.05) is 147 Å². The highest BCUT2D eigenvalue weighted by Gasteiger charge is 2.36. The lowest BCUT2D eigenvalue weighted by Gasteiger charge is -2.28. The molecule has 11 aromatic rings. The molecule has 0 amide bonds. The molecule has 13 rings (SSSR count). The smallest absolute Gasteiger partial charge is 0.142 e. The van der Waals surface area contributed by atoms with Crippen molar-refractivity contribution in [3.63, 3.8) is 0 Å². The molecule has 2 aliphatic rings. The molecule has 0 spiro atoms. The second-order valence-electron chi connectivity index (χ2n) is 18.0. The first kappa shape index (κ1) is 36.7. The topological polar surface area (TPSA) is 29.5 Å². The molecule has 3 nitrogen and oxygen atoms in total. The number of rotatable bonds is 6. The second-order valence-corrected chi connectivity index (χ2v) is 18.0. The molecule has 0 saturated carbocycles. The highest BCUT2D eigenvalue weighted by molar-refractivity contribution is 6.06. The fourth-order valence-corrected chi connectivity index (χ4v) is 10.6. The standard InChI is InChI=1S/C61H43NO2/c1-61(2)55-36-44(42-19-18-38-10-3-4-11-41(38)34-42)24-31-49(55)50-32-30-47(37-56(50)61)62(45-26-20-39(21-27-45)43-25-33-59-54(35-43)52-13-6-7-16-57(52)63-59)46-28-22-40(23-29-46)48-14-9-15-53-51-12-5-8-17-58(51)64-60(48)53/h3-7,9-16,18-37H,8,17H2,1-2H3. The number of fused-ring (bicyclic) bond motifs is 10. The maximum absolute atomic E-state index is 6.55. The van der Waals surface area contributed by atoms with Crippen molar-refractivity contribution < 1.29 is 8.83 Å². The van der Waals surface area contributed by atoms with Crippen LogP contribution in [0.3, 0.4) is 0 Å².